The average Bonchev–Trinajstić information content (AvgIpc) is 3.54. The normalized spacial score (nSPS) is 11.4. The van der Waals surface area contributed by atoms with Gasteiger partial charge in [0.15, 0.2) is 5.82 Å². The molecule has 8 nitrogen and oxygen atoms in total. The fourth-order valence-electron chi connectivity index (χ4n) is 4.61. The molecule has 0 aliphatic carbocycles. The van der Waals surface area contributed by atoms with Gasteiger partial charge in [-0.3, -0.25) is 14.1 Å². The Morgan fingerprint density at radius 2 is 1.84 bits per heavy atom. The lowest BCUT2D eigenvalue weighted by Gasteiger charge is -2.14. The van der Waals surface area contributed by atoms with Crippen LogP contribution in [-0.2, 0) is 13.0 Å². The number of hydrogen-bond donors (Lipinski definition) is 1. The average molecular weight is 558 g/mol. The molecule has 0 amide bonds. The number of halogens is 1. The van der Waals surface area contributed by atoms with E-state index in [1.54, 1.807) is 4.57 Å². The SMILES string of the molecule is CCCc1cn(-c2c(Br)cccc2C(C)C)c(=O)n1Cc1ccc(-c2ccccc2-c2nnn[nH]2)nc1. The van der Waals surface area contributed by atoms with E-state index in [-0.39, 0.29) is 11.6 Å². The molecule has 2 aromatic carbocycles. The smallest absolute Gasteiger partial charge is 0.292 e. The molecule has 9 heteroatoms. The van der Waals surface area contributed by atoms with Gasteiger partial charge >= 0.3 is 5.69 Å². The number of pyridine rings is 1. The zero-order chi connectivity index (χ0) is 25.9. The maximum atomic E-state index is 13.7. The topological polar surface area (TPSA) is 94.3 Å². The first-order valence-corrected chi connectivity index (χ1v) is 13.2. The third kappa shape index (κ3) is 4.91. The molecule has 0 unspecified atom stereocenters. The fraction of sp³-hybridized carbons (Fsp3) is 0.250. The van der Waals surface area contributed by atoms with Gasteiger partial charge in [0.1, 0.15) is 0 Å². The van der Waals surface area contributed by atoms with Gasteiger partial charge in [-0.25, -0.2) is 9.89 Å². The lowest BCUT2D eigenvalue weighted by atomic mass is 10.0. The lowest BCUT2D eigenvalue weighted by Crippen LogP contribution is -2.25. The highest BCUT2D eigenvalue weighted by atomic mass is 79.9. The van der Waals surface area contributed by atoms with Gasteiger partial charge in [0.05, 0.1) is 17.9 Å². The number of imidazole rings is 1. The Morgan fingerprint density at radius 3 is 2.51 bits per heavy atom. The Balaban J connectivity index is 1.51. The standard InChI is InChI=1S/C28H28BrN7O/c1-4-8-20-17-36(26-21(18(2)3)11-7-12-24(26)29)28(37)35(20)16-19-13-14-25(30-15-19)22-9-5-6-10-23(22)27-31-33-34-32-27/h5-7,9-15,17-18H,4,8,16H2,1-3H3,(H,31,32,33,34). The van der Waals surface area contributed by atoms with Crippen molar-refractivity contribution in [3.05, 3.63) is 98.8 Å². The van der Waals surface area contributed by atoms with E-state index in [0.29, 0.717) is 12.4 Å². The molecular weight excluding hydrogens is 530 g/mol. The predicted octanol–water partition coefficient (Wildman–Crippen LogP) is 5.77. The van der Waals surface area contributed by atoms with Crippen molar-refractivity contribution in [2.24, 2.45) is 0 Å². The van der Waals surface area contributed by atoms with Crippen molar-refractivity contribution in [1.29, 1.82) is 0 Å². The number of aromatic nitrogens is 7. The molecule has 0 saturated heterocycles. The summed E-state index contributed by atoms with van der Waals surface area (Å²) in [4.78, 5) is 18.4. The molecule has 3 heterocycles. The zero-order valence-electron chi connectivity index (χ0n) is 21.0. The van der Waals surface area contributed by atoms with Gasteiger partial charge in [-0.2, -0.15) is 0 Å². The molecule has 5 aromatic rings. The highest BCUT2D eigenvalue weighted by Crippen LogP contribution is 2.30. The number of rotatable bonds is 8. The first-order chi connectivity index (χ1) is 18.0. The molecule has 1 N–H and O–H groups in total. The lowest BCUT2D eigenvalue weighted by molar-refractivity contribution is 0.688. The molecule has 0 saturated carbocycles. The van der Waals surface area contributed by atoms with Crippen LogP contribution in [0, 0.1) is 0 Å². The van der Waals surface area contributed by atoms with Crippen LogP contribution >= 0.6 is 15.9 Å². The molecule has 0 bridgehead atoms. The Hall–Kier alpha value is -3.85. The minimum absolute atomic E-state index is 0.0514. The summed E-state index contributed by atoms with van der Waals surface area (Å²) in [6.07, 6.45) is 5.58. The van der Waals surface area contributed by atoms with E-state index in [4.69, 9.17) is 4.98 Å². The maximum Gasteiger partial charge on any atom is 0.333 e. The van der Waals surface area contributed by atoms with Crippen molar-refractivity contribution in [3.8, 4) is 28.3 Å². The highest BCUT2D eigenvalue weighted by Gasteiger charge is 2.19. The van der Waals surface area contributed by atoms with E-state index in [1.807, 2.05) is 65.5 Å². The summed E-state index contributed by atoms with van der Waals surface area (Å²) in [7, 11) is 0. The van der Waals surface area contributed by atoms with Crippen LogP contribution in [0.5, 0.6) is 0 Å². The number of nitrogens with zero attached hydrogens (tertiary/aromatic N) is 6. The summed E-state index contributed by atoms with van der Waals surface area (Å²) in [6, 6.07) is 17.9. The van der Waals surface area contributed by atoms with E-state index < -0.39 is 0 Å². The van der Waals surface area contributed by atoms with Crippen LogP contribution in [0.1, 0.15) is 49.9 Å². The second kappa shape index (κ2) is 10.6. The minimum Gasteiger partial charge on any atom is -0.292 e. The first kappa shape index (κ1) is 24.8. The number of aromatic amines is 1. The van der Waals surface area contributed by atoms with Crippen LogP contribution in [0.25, 0.3) is 28.3 Å². The van der Waals surface area contributed by atoms with E-state index in [1.165, 1.54) is 0 Å². The summed E-state index contributed by atoms with van der Waals surface area (Å²) in [5.41, 5.74) is 6.56. The first-order valence-electron chi connectivity index (χ1n) is 12.4. The van der Waals surface area contributed by atoms with Gasteiger partial charge < -0.3 is 0 Å². The summed E-state index contributed by atoms with van der Waals surface area (Å²) < 4.78 is 4.55. The third-order valence-electron chi connectivity index (χ3n) is 6.42. The second-order valence-electron chi connectivity index (χ2n) is 9.29. The van der Waals surface area contributed by atoms with Crippen LogP contribution in [0.15, 0.2) is 76.3 Å². The molecule has 188 valence electrons. The molecule has 0 atom stereocenters. The maximum absolute atomic E-state index is 13.7. The quantitative estimate of drug-likeness (QED) is 0.261. The molecule has 37 heavy (non-hydrogen) atoms. The number of tetrazole rings is 1. The summed E-state index contributed by atoms with van der Waals surface area (Å²) in [5.74, 6) is 0.871. The largest absolute Gasteiger partial charge is 0.333 e. The van der Waals surface area contributed by atoms with E-state index in [9.17, 15) is 4.79 Å². The van der Waals surface area contributed by atoms with Crippen LogP contribution in [0.2, 0.25) is 0 Å². The van der Waals surface area contributed by atoms with Gasteiger partial charge in [0.25, 0.3) is 0 Å². The van der Waals surface area contributed by atoms with Crippen molar-refractivity contribution in [1.82, 2.24) is 34.7 Å². The summed E-state index contributed by atoms with van der Waals surface area (Å²) in [6.45, 7) is 6.86. The number of H-pyrrole nitrogens is 1. The van der Waals surface area contributed by atoms with Gasteiger partial charge in [0.2, 0.25) is 0 Å². The Morgan fingerprint density at radius 1 is 1.03 bits per heavy atom. The van der Waals surface area contributed by atoms with E-state index >= 15 is 0 Å². The van der Waals surface area contributed by atoms with Gasteiger partial charge in [-0.05, 0) is 62.0 Å². The van der Waals surface area contributed by atoms with Gasteiger partial charge in [-0.15, -0.1) is 5.10 Å². The summed E-state index contributed by atoms with van der Waals surface area (Å²) in [5, 5.41) is 14.2. The van der Waals surface area contributed by atoms with Gasteiger partial charge in [-0.1, -0.05) is 69.7 Å². The summed E-state index contributed by atoms with van der Waals surface area (Å²) >= 11 is 3.68. The molecular formula is C28H28BrN7O. The molecule has 3 aromatic heterocycles. The van der Waals surface area contributed by atoms with Gasteiger partial charge in [0, 0.05) is 33.7 Å². The van der Waals surface area contributed by atoms with Crippen molar-refractivity contribution < 1.29 is 0 Å². The molecule has 0 radical (unpaired) electrons. The zero-order valence-corrected chi connectivity index (χ0v) is 22.6. The Kier molecular flexibility index (Phi) is 7.14. The van der Waals surface area contributed by atoms with E-state index in [0.717, 1.165) is 56.6 Å². The van der Waals surface area contributed by atoms with Crippen LogP contribution in [0.4, 0.5) is 0 Å². The third-order valence-corrected chi connectivity index (χ3v) is 7.06. The molecule has 0 aliphatic rings. The number of benzene rings is 2. The molecule has 0 spiro atoms. The van der Waals surface area contributed by atoms with E-state index in [2.05, 4.69) is 63.4 Å². The van der Waals surface area contributed by atoms with Crippen LogP contribution < -0.4 is 5.69 Å². The van der Waals surface area contributed by atoms with Crippen molar-refractivity contribution >= 4 is 15.9 Å². The molecule has 0 aliphatic heterocycles. The highest BCUT2D eigenvalue weighted by molar-refractivity contribution is 9.10. The predicted molar refractivity (Wildman–Crippen MR) is 148 cm³/mol. The number of aryl methyl sites for hydroxylation is 1. The van der Waals surface area contributed by atoms with Crippen molar-refractivity contribution in [2.75, 3.05) is 0 Å². The Bertz CT molecular complexity index is 1570. The van der Waals surface area contributed by atoms with Crippen molar-refractivity contribution in [3.63, 3.8) is 0 Å². The molecule has 0 fully saturated rings. The molecule has 5 rings (SSSR count). The van der Waals surface area contributed by atoms with Crippen LogP contribution in [0.3, 0.4) is 0 Å². The number of hydrogen-bond acceptors (Lipinski definition) is 5. The minimum atomic E-state index is -0.0514. The van der Waals surface area contributed by atoms with Crippen molar-refractivity contribution in [2.45, 2.75) is 46.1 Å². The number of nitrogens with one attached hydrogen (secondary N) is 1. The monoisotopic (exact) mass is 557 g/mol. The fourth-order valence-corrected chi connectivity index (χ4v) is 5.18. The Labute approximate surface area is 223 Å². The number of para-hydroxylation sites is 1. The van der Waals surface area contributed by atoms with Crippen LogP contribution in [-0.4, -0.2) is 34.7 Å². The second-order valence-corrected chi connectivity index (χ2v) is 10.1.